The Balaban J connectivity index is 1.57. The fourth-order valence-electron chi connectivity index (χ4n) is 3.94. The summed E-state index contributed by atoms with van der Waals surface area (Å²) in [5, 5.41) is 4.03. The predicted octanol–water partition coefficient (Wildman–Crippen LogP) is 2.84. The normalized spacial score (nSPS) is 18.8. The molecule has 7 heteroatoms. The van der Waals surface area contributed by atoms with E-state index < -0.39 is 0 Å². The molecule has 0 amide bonds. The maximum absolute atomic E-state index is 5.56. The molecule has 0 saturated carbocycles. The lowest BCUT2D eigenvalue weighted by molar-refractivity contribution is 0.188. The third-order valence-corrected chi connectivity index (χ3v) is 5.06. The molecule has 3 heterocycles. The first-order chi connectivity index (χ1) is 12.7. The summed E-state index contributed by atoms with van der Waals surface area (Å²) < 4.78 is 7.52. The quantitative estimate of drug-likeness (QED) is 0.758. The lowest BCUT2D eigenvalue weighted by Gasteiger charge is -2.32. The number of piperidine rings is 1. The molecular weight excluding hydrogens is 328 g/mol. The van der Waals surface area contributed by atoms with Crippen molar-refractivity contribution in [3.63, 3.8) is 0 Å². The topological polar surface area (TPSA) is 86.0 Å². The fourth-order valence-corrected chi connectivity index (χ4v) is 3.94. The zero-order valence-electron chi connectivity index (χ0n) is 15.4. The van der Waals surface area contributed by atoms with E-state index in [1.807, 2.05) is 0 Å². The van der Waals surface area contributed by atoms with Crippen molar-refractivity contribution >= 4 is 11.0 Å². The fraction of sp³-hybridized carbons (Fsp3) is 0.526. The third kappa shape index (κ3) is 3.24. The Labute approximate surface area is 153 Å². The van der Waals surface area contributed by atoms with Crippen molar-refractivity contribution in [2.45, 2.75) is 51.7 Å². The van der Waals surface area contributed by atoms with Crippen LogP contribution in [0.4, 0.5) is 0 Å². The SMILES string of the molecule is CC(C)n1c(C2CCCN(Cc3noc(CN)n3)C2)nc2ccccc21. The standard InChI is InChI=1S/C19H26N6O/c1-13(2)25-16-8-4-3-7-15(16)21-19(25)14-6-5-9-24(11-14)12-17-22-18(10-20)26-23-17/h3-4,7-8,13-14H,5-6,9-12,20H2,1-2H3. The molecular formula is C19H26N6O. The van der Waals surface area contributed by atoms with Gasteiger partial charge >= 0.3 is 0 Å². The second-order valence-electron chi connectivity index (χ2n) is 7.31. The highest BCUT2D eigenvalue weighted by Crippen LogP contribution is 2.31. The molecule has 1 aliphatic heterocycles. The number of hydrogen-bond donors (Lipinski definition) is 1. The maximum atomic E-state index is 5.56. The summed E-state index contributed by atoms with van der Waals surface area (Å²) in [6.45, 7) is 7.45. The Bertz CT molecular complexity index is 883. The van der Waals surface area contributed by atoms with Crippen LogP contribution < -0.4 is 5.73 Å². The first-order valence-electron chi connectivity index (χ1n) is 9.36. The van der Waals surface area contributed by atoms with Crippen LogP contribution in [0, 0.1) is 0 Å². The number of benzene rings is 1. The third-order valence-electron chi connectivity index (χ3n) is 5.06. The van der Waals surface area contributed by atoms with Crippen LogP contribution in [-0.4, -0.2) is 37.7 Å². The van der Waals surface area contributed by atoms with Crippen LogP contribution in [0.3, 0.4) is 0 Å². The van der Waals surface area contributed by atoms with Gasteiger partial charge in [-0.25, -0.2) is 4.98 Å². The van der Waals surface area contributed by atoms with Gasteiger partial charge in [-0.15, -0.1) is 0 Å². The second-order valence-corrected chi connectivity index (χ2v) is 7.31. The van der Waals surface area contributed by atoms with Crippen LogP contribution in [0.5, 0.6) is 0 Å². The molecule has 1 aromatic carbocycles. The monoisotopic (exact) mass is 354 g/mol. The second kappa shape index (κ2) is 7.17. The summed E-state index contributed by atoms with van der Waals surface area (Å²) >= 11 is 0. The summed E-state index contributed by atoms with van der Waals surface area (Å²) in [5.74, 6) is 2.82. The van der Waals surface area contributed by atoms with E-state index in [4.69, 9.17) is 15.2 Å². The van der Waals surface area contributed by atoms with Gasteiger partial charge in [0, 0.05) is 18.5 Å². The van der Waals surface area contributed by atoms with E-state index in [1.54, 1.807) is 0 Å². The molecule has 1 unspecified atom stereocenters. The van der Waals surface area contributed by atoms with Crippen LogP contribution in [0.2, 0.25) is 0 Å². The van der Waals surface area contributed by atoms with Crippen LogP contribution in [0.25, 0.3) is 11.0 Å². The van der Waals surface area contributed by atoms with E-state index in [1.165, 1.54) is 11.3 Å². The van der Waals surface area contributed by atoms with Gasteiger partial charge in [0.25, 0.3) is 0 Å². The number of likely N-dealkylation sites (tertiary alicyclic amines) is 1. The molecule has 1 atom stereocenters. The van der Waals surface area contributed by atoms with E-state index in [2.05, 4.69) is 57.7 Å². The Morgan fingerprint density at radius 2 is 2.12 bits per heavy atom. The zero-order valence-corrected chi connectivity index (χ0v) is 15.4. The number of aromatic nitrogens is 4. The Hall–Kier alpha value is -2.25. The number of rotatable bonds is 5. The van der Waals surface area contributed by atoms with Gasteiger partial charge < -0.3 is 14.8 Å². The maximum Gasteiger partial charge on any atom is 0.240 e. The zero-order chi connectivity index (χ0) is 18.1. The summed E-state index contributed by atoms with van der Waals surface area (Å²) in [6.07, 6.45) is 2.31. The Morgan fingerprint density at radius 1 is 1.27 bits per heavy atom. The summed E-state index contributed by atoms with van der Waals surface area (Å²) in [7, 11) is 0. The summed E-state index contributed by atoms with van der Waals surface area (Å²) in [4.78, 5) is 11.7. The van der Waals surface area contributed by atoms with Crippen LogP contribution in [0.1, 0.15) is 56.2 Å². The Kier molecular flexibility index (Phi) is 4.74. The van der Waals surface area contributed by atoms with Crippen molar-refractivity contribution in [2.75, 3.05) is 13.1 Å². The van der Waals surface area contributed by atoms with Crippen LogP contribution in [0.15, 0.2) is 28.8 Å². The number of nitrogens with two attached hydrogens (primary N) is 1. The van der Waals surface area contributed by atoms with Crippen molar-refractivity contribution in [3.05, 3.63) is 41.8 Å². The first-order valence-corrected chi connectivity index (χ1v) is 9.36. The molecule has 26 heavy (non-hydrogen) atoms. The molecule has 0 aliphatic carbocycles. The van der Waals surface area contributed by atoms with Crippen LogP contribution in [-0.2, 0) is 13.1 Å². The Morgan fingerprint density at radius 3 is 2.88 bits per heavy atom. The average molecular weight is 354 g/mol. The molecule has 1 aliphatic rings. The highest BCUT2D eigenvalue weighted by molar-refractivity contribution is 5.76. The predicted molar refractivity (Wildman–Crippen MR) is 99.6 cm³/mol. The number of fused-ring (bicyclic) bond motifs is 1. The van der Waals surface area contributed by atoms with Gasteiger partial charge in [0.15, 0.2) is 5.82 Å². The minimum atomic E-state index is 0.286. The molecule has 7 nitrogen and oxygen atoms in total. The van der Waals surface area contributed by atoms with Gasteiger partial charge in [0.05, 0.1) is 24.1 Å². The minimum absolute atomic E-state index is 0.286. The van der Waals surface area contributed by atoms with Crippen molar-refractivity contribution in [1.82, 2.24) is 24.6 Å². The van der Waals surface area contributed by atoms with E-state index in [0.29, 0.717) is 30.2 Å². The smallest absolute Gasteiger partial charge is 0.240 e. The first kappa shape index (κ1) is 17.2. The van der Waals surface area contributed by atoms with E-state index >= 15 is 0 Å². The summed E-state index contributed by atoms with van der Waals surface area (Å²) in [5.41, 5.74) is 7.86. The molecule has 2 aromatic heterocycles. The molecule has 1 saturated heterocycles. The number of para-hydroxylation sites is 2. The highest BCUT2D eigenvalue weighted by atomic mass is 16.5. The van der Waals surface area contributed by atoms with Gasteiger partial charge in [0.1, 0.15) is 5.82 Å². The lowest BCUT2D eigenvalue weighted by atomic mass is 9.97. The number of imidazole rings is 1. The molecule has 0 bridgehead atoms. The van der Waals surface area contributed by atoms with Crippen molar-refractivity contribution in [3.8, 4) is 0 Å². The summed E-state index contributed by atoms with van der Waals surface area (Å²) in [6, 6.07) is 8.80. The molecule has 0 spiro atoms. The molecule has 0 radical (unpaired) electrons. The number of nitrogens with zero attached hydrogens (tertiary/aromatic N) is 5. The largest absolute Gasteiger partial charge is 0.338 e. The van der Waals surface area contributed by atoms with Gasteiger partial charge in [-0.1, -0.05) is 17.3 Å². The van der Waals surface area contributed by atoms with Gasteiger partial charge in [-0.3, -0.25) is 4.90 Å². The van der Waals surface area contributed by atoms with E-state index in [0.717, 1.165) is 31.4 Å². The van der Waals surface area contributed by atoms with E-state index in [9.17, 15) is 0 Å². The van der Waals surface area contributed by atoms with Crippen molar-refractivity contribution in [1.29, 1.82) is 0 Å². The van der Waals surface area contributed by atoms with Crippen molar-refractivity contribution < 1.29 is 4.52 Å². The highest BCUT2D eigenvalue weighted by Gasteiger charge is 2.27. The van der Waals surface area contributed by atoms with Crippen LogP contribution >= 0.6 is 0 Å². The lowest BCUT2D eigenvalue weighted by Crippen LogP contribution is -2.35. The minimum Gasteiger partial charge on any atom is -0.338 e. The molecule has 138 valence electrons. The number of hydrogen-bond acceptors (Lipinski definition) is 6. The molecule has 2 N–H and O–H groups in total. The van der Waals surface area contributed by atoms with Gasteiger partial charge in [-0.05, 0) is 45.4 Å². The molecule has 3 aromatic rings. The average Bonchev–Trinajstić information content (AvgIpc) is 3.26. The van der Waals surface area contributed by atoms with Crippen molar-refractivity contribution in [2.24, 2.45) is 5.73 Å². The van der Waals surface area contributed by atoms with Gasteiger partial charge in [-0.2, -0.15) is 4.98 Å². The van der Waals surface area contributed by atoms with E-state index in [-0.39, 0.29) is 6.54 Å². The van der Waals surface area contributed by atoms with Gasteiger partial charge in [0.2, 0.25) is 5.89 Å². The molecule has 4 rings (SSSR count). The molecule has 1 fully saturated rings.